The number of methoxy groups -OCH3 is 2. The van der Waals surface area contributed by atoms with E-state index in [1.165, 1.54) is 56.5 Å². The van der Waals surface area contributed by atoms with Crippen LogP contribution in [0.1, 0.15) is 12.5 Å². The van der Waals surface area contributed by atoms with Crippen LogP contribution in [0, 0.1) is 0 Å². The molecule has 0 bridgehead atoms. The maximum atomic E-state index is 13.9. The second kappa shape index (κ2) is 13.3. The average Bonchev–Trinajstić information content (AvgIpc) is 2.96. The quantitative estimate of drug-likeness (QED) is 0.354. The third-order valence-electron chi connectivity index (χ3n) is 6.23. The van der Waals surface area contributed by atoms with Crippen LogP contribution in [0.4, 0.5) is 5.69 Å². The number of sulfonamides is 1. The topological polar surface area (TPSA) is 105 Å². The lowest BCUT2D eigenvalue weighted by molar-refractivity contribution is -0.138. The second-order valence-corrected chi connectivity index (χ2v) is 10.9. The van der Waals surface area contributed by atoms with Crippen molar-refractivity contribution in [1.82, 2.24) is 10.2 Å². The number of hydrogen-bond donors (Lipinski definition) is 1. The lowest BCUT2D eigenvalue weighted by Crippen LogP contribution is -2.51. The van der Waals surface area contributed by atoms with Gasteiger partial charge in [0.05, 0.1) is 24.8 Å². The van der Waals surface area contributed by atoms with E-state index >= 15 is 0 Å². The van der Waals surface area contributed by atoms with Gasteiger partial charge in [-0.05, 0) is 55.3 Å². The van der Waals surface area contributed by atoms with Crippen molar-refractivity contribution in [3.05, 3.63) is 83.4 Å². The number of amides is 2. The summed E-state index contributed by atoms with van der Waals surface area (Å²) in [4.78, 5) is 27.6. The van der Waals surface area contributed by atoms with Gasteiger partial charge in [0.2, 0.25) is 11.8 Å². The number of carbonyl (C=O) groups is 2. The number of benzene rings is 3. The van der Waals surface area contributed by atoms with E-state index in [4.69, 9.17) is 21.1 Å². The number of anilines is 1. The van der Waals surface area contributed by atoms with Crippen molar-refractivity contribution in [1.29, 1.82) is 0 Å². The highest BCUT2D eigenvalue weighted by Crippen LogP contribution is 2.32. The van der Waals surface area contributed by atoms with Crippen LogP contribution in [0.15, 0.2) is 77.7 Å². The summed E-state index contributed by atoms with van der Waals surface area (Å²) < 4.78 is 39.4. The van der Waals surface area contributed by atoms with Crippen molar-refractivity contribution in [2.45, 2.75) is 24.3 Å². The summed E-state index contributed by atoms with van der Waals surface area (Å²) in [6.45, 7) is 1.27. The number of halogens is 1. The van der Waals surface area contributed by atoms with Crippen molar-refractivity contribution >= 4 is 39.1 Å². The molecular formula is C28H32ClN3O6S. The Kier molecular flexibility index (Phi) is 10.2. The fourth-order valence-corrected chi connectivity index (χ4v) is 5.58. The minimum Gasteiger partial charge on any atom is -0.493 e. The molecule has 39 heavy (non-hydrogen) atoms. The summed E-state index contributed by atoms with van der Waals surface area (Å²) in [5, 5.41) is 2.97. The molecule has 0 fully saturated rings. The second-order valence-electron chi connectivity index (χ2n) is 8.62. The SMILES string of the molecule is CNC(=O)C(C)N(CCc1ccccc1)C(=O)CN(c1ccc(Cl)cc1)S(=O)(=O)c1ccc(OC)c(OC)c1. The van der Waals surface area contributed by atoms with E-state index in [0.717, 1.165) is 9.87 Å². The standard InChI is InChI=1S/C28H32ClN3O6S/c1-20(28(34)30-2)31(17-16-21-8-6-5-7-9-21)27(33)19-32(23-12-10-22(29)11-13-23)39(35,36)24-14-15-25(37-3)26(18-24)38-4/h5-15,18,20H,16-17,19H2,1-4H3,(H,30,34). The molecule has 3 aromatic rings. The average molecular weight is 574 g/mol. The van der Waals surface area contributed by atoms with Crippen LogP contribution < -0.4 is 19.1 Å². The van der Waals surface area contributed by atoms with Gasteiger partial charge in [0.1, 0.15) is 12.6 Å². The number of likely N-dealkylation sites (N-methyl/N-ethyl adjacent to an activating group) is 1. The van der Waals surface area contributed by atoms with E-state index in [1.54, 1.807) is 19.1 Å². The lowest BCUT2D eigenvalue weighted by Gasteiger charge is -2.31. The smallest absolute Gasteiger partial charge is 0.264 e. The largest absolute Gasteiger partial charge is 0.493 e. The highest BCUT2D eigenvalue weighted by atomic mass is 35.5. The van der Waals surface area contributed by atoms with Crippen LogP contribution in [0.2, 0.25) is 5.02 Å². The fourth-order valence-electron chi connectivity index (χ4n) is 4.02. The number of nitrogens with zero attached hydrogens (tertiary/aromatic N) is 2. The Morgan fingerprint density at radius 3 is 2.18 bits per heavy atom. The Bertz CT molecular complexity index is 1380. The summed E-state index contributed by atoms with van der Waals surface area (Å²) in [6.07, 6.45) is 0.483. The van der Waals surface area contributed by atoms with E-state index < -0.39 is 28.5 Å². The molecule has 9 nitrogen and oxygen atoms in total. The van der Waals surface area contributed by atoms with Gasteiger partial charge in [-0.1, -0.05) is 41.9 Å². The van der Waals surface area contributed by atoms with Gasteiger partial charge >= 0.3 is 0 Å². The highest BCUT2D eigenvalue weighted by Gasteiger charge is 2.32. The maximum absolute atomic E-state index is 13.9. The molecule has 11 heteroatoms. The molecule has 0 heterocycles. The first-order valence-electron chi connectivity index (χ1n) is 12.2. The Hall–Kier alpha value is -3.76. The van der Waals surface area contributed by atoms with Gasteiger partial charge in [0.15, 0.2) is 11.5 Å². The van der Waals surface area contributed by atoms with Crippen molar-refractivity contribution in [3.8, 4) is 11.5 Å². The fraction of sp³-hybridized carbons (Fsp3) is 0.286. The van der Waals surface area contributed by atoms with Gasteiger partial charge in [-0.25, -0.2) is 8.42 Å². The summed E-state index contributed by atoms with van der Waals surface area (Å²) in [5.74, 6) is -0.325. The molecule has 0 spiro atoms. The maximum Gasteiger partial charge on any atom is 0.264 e. The monoisotopic (exact) mass is 573 g/mol. The van der Waals surface area contributed by atoms with Gasteiger partial charge in [-0.15, -0.1) is 0 Å². The first-order chi connectivity index (χ1) is 18.6. The lowest BCUT2D eigenvalue weighted by atomic mass is 10.1. The minimum absolute atomic E-state index is 0.0990. The first kappa shape index (κ1) is 29.8. The number of carbonyl (C=O) groups excluding carboxylic acids is 2. The zero-order valence-electron chi connectivity index (χ0n) is 22.3. The normalized spacial score (nSPS) is 11.8. The molecule has 3 aromatic carbocycles. The van der Waals surface area contributed by atoms with Crippen molar-refractivity contribution in [2.24, 2.45) is 0 Å². The van der Waals surface area contributed by atoms with E-state index in [-0.39, 0.29) is 28.8 Å². The van der Waals surface area contributed by atoms with Crippen molar-refractivity contribution in [3.63, 3.8) is 0 Å². The third-order valence-corrected chi connectivity index (χ3v) is 8.26. The minimum atomic E-state index is -4.27. The Morgan fingerprint density at radius 2 is 1.59 bits per heavy atom. The van der Waals surface area contributed by atoms with Gasteiger partial charge in [-0.2, -0.15) is 0 Å². The van der Waals surface area contributed by atoms with Crippen LogP contribution in [0.3, 0.4) is 0 Å². The molecule has 0 aliphatic carbocycles. The molecule has 1 N–H and O–H groups in total. The van der Waals surface area contributed by atoms with Gasteiger partial charge < -0.3 is 19.7 Å². The summed E-state index contributed by atoms with van der Waals surface area (Å²) in [6, 6.07) is 19.0. The molecule has 0 radical (unpaired) electrons. The first-order valence-corrected chi connectivity index (χ1v) is 14.0. The predicted molar refractivity (Wildman–Crippen MR) is 151 cm³/mol. The van der Waals surface area contributed by atoms with E-state index in [9.17, 15) is 18.0 Å². The van der Waals surface area contributed by atoms with E-state index in [2.05, 4.69) is 5.32 Å². The molecule has 208 valence electrons. The van der Waals surface area contributed by atoms with Crippen molar-refractivity contribution < 1.29 is 27.5 Å². The number of rotatable bonds is 12. The predicted octanol–water partition coefficient (Wildman–Crippen LogP) is 3.76. The molecule has 0 aliphatic rings. The molecule has 0 saturated heterocycles. The summed E-state index contributed by atoms with van der Waals surface area (Å²) in [7, 11) is 0.0703. The van der Waals surface area contributed by atoms with Gasteiger partial charge in [0.25, 0.3) is 10.0 Å². The third kappa shape index (κ3) is 7.21. The van der Waals surface area contributed by atoms with Crippen LogP contribution in [-0.4, -0.2) is 65.5 Å². The molecule has 3 rings (SSSR count). The van der Waals surface area contributed by atoms with Crippen LogP contribution in [-0.2, 0) is 26.0 Å². The Morgan fingerprint density at radius 1 is 0.949 bits per heavy atom. The van der Waals surface area contributed by atoms with Gasteiger partial charge in [-0.3, -0.25) is 13.9 Å². The van der Waals surface area contributed by atoms with Crippen LogP contribution in [0.5, 0.6) is 11.5 Å². The van der Waals surface area contributed by atoms with E-state index in [1.807, 2.05) is 30.3 Å². The Balaban J connectivity index is 2.01. The number of nitrogens with one attached hydrogen (secondary N) is 1. The molecule has 2 amide bonds. The molecular weight excluding hydrogens is 542 g/mol. The molecule has 0 aromatic heterocycles. The van der Waals surface area contributed by atoms with E-state index in [0.29, 0.717) is 17.2 Å². The van der Waals surface area contributed by atoms with Crippen LogP contribution in [0.25, 0.3) is 0 Å². The number of hydrogen-bond acceptors (Lipinski definition) is 6. The molecule has 1 unspecified atom stereocenters. The Labute approximate surface area is 234 Å². The molecule has 1 atom stereocenters. The number of ether oxygens (including phenoxy) is 2. The molecule has 0 aliphatic heterocycles. The van der Waals surface area contributed by atoms with Crippen molar-refractivity contribution in [2.75, 3.05) is 38.7 Å². The van der Waals surface area contributed by atoms with Gasteiger partial charge in [0, 0.05) is 24.7 Å². The highest BCUT2D eigenvalue weighted by molar-refractivity contribution is 7.92. The zero-order chi connectivity index (χ0) is 28.6. The zero-order valence-corrected chi connectivity index (χ0v) is 23.8. The summed E-state index contributed by atoms with van der Waals surface area (Å²) >= 11 is 6.05. The van der Waals surface area contributed by atoms with Crippen LogP contribution >= 0.6 is 11.6 Å². The summed E-state index contributed by atoms with van der Waals surface area (Å²) in [5.41, 5.74) is 1.21. The molecule has 0 saturated carbocycles.